The van der Waals surface area contributed by atoms with Gasteiger partial charge in [-0.1, -0.05) is 30.7 Å². The molecule has 0 aliphatic rings. The highest BCUT2D eigenvalue weighted by atomic mass is 35.5. The van der Waals surface area contributed by atoms with Gasteiger partial charge in [0.1, 0.15) is 11.5 Å². The Bertz CT molecular complexity index is 520. The van der Waals surface area contributed by atoms with E-state index in [9.17, 15) is 0 Å². The van der Waals surface area contributed by atoms with Crippen LogP contribution in [-0.2, 0) is 6.54 Å². The molecule has 2 rings (SSSR count). The quantitative estimate of drug-likeness (QED) is 0.851. The van der Waals surface area contributed by atoms with Crippen LogP contribution in [0.15, 0.2) is 40.8 Å². The number of hydrogen-bond donors (Lipinski definition) is 2. The van der Waals surface area contributed by atoms with Gasteiger partial charge >= 0.3 is 0 Å². The molecule has 0 fully saturated rings. The molecule has 0 aliphatic carbocycles. The van der Waals surface area contributed by atoms with E-state index in [4.69, 9.17) is 21.1 Å². The number of furan rings is 1. The Morgan fingerprint density at radius 1 is 1.26 bits per heavy atom. The highest BCUT2D eigenvalue weighted by Crippen LogP contribution is 2.28. The van der Waals surface area contributed by atoms with Crippen molar-refractivity contribution in [2.75, 3.05) is 6.61 Å². The van der Waals surface area contributed by atoms with Crippen LogP contribution in [0.2, 0.25) is 5.02 Å². The molecule has 1 atom stereocenters. The molecule has 102 valence electrons. The number of aliphatic hydroxyl groups is 1. The Kier molecular flexibility index (Phi) is 5.02. The third-order valence-corrected chi connectivity index (χ3v) is 3.41. The molecule has 0 saturated heterocycles. The molecule has 0 spiro atoms. The topological polar surface area (TPSA) is 45.4 Å². The van der Waals surface area contributed by atoms with Crippen LogP contribution in [0.1, 0.15) is 19.1 Å². The molecule has 2 aromatic rings. The standard InChI is InChI=1S/C15H18ClNO2/c1-2-11(10-18)17-9-12-7-8-15(19-12)13-5-3-4-6-14(13)16/h3-8,11,17-18H,2,9-10H2,1H3. The van der Waals surface area contributed by atoms with Gasteiger partial charge in [0.2, 0.25) is 0 Å². The molecule has 0 saturated carbocycles. The number of hydrogen-bond acceptors (Lipinski definition) is 3. The van der Waals surface area contributed by atoms with E-state index in [0.717, 1.165) is 23.5 Å². The molecule has 1 aromatic carbocycles. The second kappa shape index (κ2) is 6.75. The highest BCUT2D eigenvalue weighted by molar-refractivity contribution is 6.33. The predicted molar refractivity (Wildman–Crippen MR) is 77.2 cm³/mol. The van der Waals surface area contributed by atoms with E-state index in [1.807, 2.05) is 43.3 Å². The summed E-state index contributed by atoms with van der Waals surface area (Å²) < 4.78 is 5.76. The average Bonchev–Trinajstić information content (AvgIpc) is 2.89. The van der Waals surface area contributed by atoms with E-state index < -0.39 is 0 Å². The largest absolute Gasteiger partial charge is 0.460 e. The summed E-state index contributed by atoms with van der Waals surface area (Å²) in [6.07, 6.45) is 0.884. The van der Waals surface area contributed by atoms with Gasteiger partial charge in [-0.05, 0) is 30.7 Å². The van der Waals surface area contributed by atoms with Crippen molar-refractivity contribution in [3.8, 4) is 11.3 Å². The van der Waals surface area contributed by atoms with Crippen LogP contribution in [-0.4, -0.2) is 17.8 Å². The van der Waals surface area contributed by atoms with Gasteiger partial charge in [0.15, 0.2) is 0 Å². The first-order chi connectivity index (χ1) is 9.24. The fourth-order valence-corrected chi connectivity index (χ4v) is 2.09. The van der Waals surface area contributed by atoms with E-state index in [-0.39, 0.29) is 12.6 Å². The van der Waals surface area contributed by atoms with E-state index in [1.54, 1.807) is 0 Å². The second-order valence-corrected chi connectivity index (χ2v) is 4.82. The summed E-state index contributed by atoms with van der Waals surface area (Å²) in [5.74, 6) is 1.60. The van der Waals surface area contributed by atoms with Crippen LogP contribution < -0.4 is 5.32 Å². The van der Waals surface area contributed by atoms with Crippen LogP contribution in [0.25, 0.3) is 11.3 Å². The molecule has 1 unspecified atom stereocenters. The van der Waals surface area contributed by atoms with Crippen molar-refractivity contribution in [1.82, 2.24) is 5.32 Å². The van der Waals surface area contributed by atoms with Crippen LogP contribution in [0.4, 0.5) is 0 Å². The van der Waals surface area contributed by atoms with Crippen molar-refractivity contribution in [3.05, 3.63) is 47.2 Å². The van der Waals surface area contributed by atoms with Crippen molar-refractivity contribution in [2.24, 2.45) is 0 Å². The van der Waals surface area contributed by atoms with Crippen molar-refractivity contribution in [3.63, 3.8) is 0 Å². The third-order valence-electron chi connectivity index (χ3n) is 3.08. The van der Waals surface area contributed by atoms with Crippen molar-refractivity contribution in [2.45, 2.75) is 25.9 Å². The van der Waals surface area contributed by atoms with Crippen LogP contribution in [0, 0.1) is 0 Å². The lowest BCUT2D eigenvalue weighted by molar-refractivity contribution is 0.235. The van der Waals surface area contributed by atoms with E-state index >= 15 is 0 Å². The average molecular weight is 280 g/mol. The van der Waals surface area contributed by atoms with Crippen LogP contribution >= 0.6 is 11.6 Å². The monoisotopic (exact) mass is 279 g/mol. The van der Waals surface area contributed by atoms with Crippen LogP contribution in [0.3, 0.4) is 0 Å². The van der Waals surface area contributed by atoms with Crippen molar-refractivity contribution in [1.29, 1.82) is 0 Å². The molecule has 0 bridgehead atoms. The minimum atomic E-state index is 0.105. The van der Waals surface area contributed by atoms with Gasteiger partial charge in [0.25, 0.3) is 0 Å². The van der Waals surface area contributed by atoms with Crippen LogP contribution in [0.5, 0.6) is 0 Å². The van der Waals surface area contributed by atoms with Gasteiger partial charge in [0, 0.05) is 11.6 Å². The Morgan fingerprint density at radius 2 is 2.05 bits per heavy atom. The molecule has 0 aliphatic heterocycles. The maximum absolute atomic E-state index is 9.11. The molecular formula is C15H18ClNO2. The lowest BCUT2D eigenvalue weighted by Gasteiger charge is -2.12. The number of aliphatic hydroxyl groups excluding tert-OH is 1. The summed E-state index contributed by atoms with van der Waals surface area (Å²) in [4.78, 5) is 0. The zero-order valence-corrected chi connectivity index (χ0v) is 11.7. The second-order valence-electron chi connectivity index (χ2n) is 4.41. The molecule has 1 aromatic heterocycles. The van der Waals surface area contributed by atoms with E-state index in [1.165, 1.54) is 0 Å². The first-order valence-electron chi connectivity index (χ1n) is 6.42. The summed E-state index contributed by atoms with van der Waals surface area (Å²) in [6.45, 7) is 2.77. The number of rotatable bonds is 6. The zero-order valence-electron chi connectivity index (χ0n) is 10.9. The number of halogens is 1. The third kappa shape index (κ3) is 3.60. The molecule has 1 heterocycles. The van der Waals surface area contributed by atoms with E-state index in [0.29, 0.717) is 11.6 Å². The van der Waals surface area contributed by atoms with Crippen molar-refractivity contribution >= 4 is 11.6 Å². The maximum atomic E-state index is 9.11. The molecule has 2 N–H and O–H groups in total. The Labute approximate surface area is 118 Å². The summed E-state index contributed by atoms with van der Waals surface area (Å²) in [7, 11) is 0. The highest BCUT2D eigenvalue weighted by Gasteiger charge is 2.09. The summed E-state index contributed by atoms with van der Waals surface area (Å²) in [5, 5.41) is 13.0. The van der Waals surface area contributed by atoms with Crippen molar-refractivity contribution < 1.29 is 9.52 Å². The Hall–Kier alpha value is -1.29. The lowest BCUT2D eigenvalue weighted by Crippen LogP contribution is -2.30. The Morgan fingerprint density at radius 3 is 2.74 bits per heavy atom. The smallest absolute Gasteiger partial charge is 0.135 e. The normalized spacial score (nSPS) is 12.6. The number of benzene rings is 1. The maximum Gasteiger partial charge on any atom is 0.135 e. The summed E-state index contributed by atoms with van der Waals surface area (Å²) >= 11 is 6.13. The minimum absolute atomic E-state index is 0.105. The van der Waals surface area contributed by atoms with Gasteiger partial charge in [-0.25, -0.2) is 0 Å². The zero-order chi connectivity index (χ0) is 13.7. The molecule has 4 heteroatoms. The predicted octanol–water partition coefficient (Wildman–Crippen LogP) is 3.46. The molecular weight excluding hydrogens is 262 g/mol. The molecule has 3 nitrogen and oxygen atoms in total. The lowest BCUT2D eigenvalue weighted by atomic mass is 10.2. The Balaban J connectivity index is 2.05. The summed E-state index contributed by atoms with van der Waals surface area (Å²) in [5.41, 5.74) is 0.893. The van der Waals surface area contributed by atoms with Gasteiger partial charge in [-0.2, -0.15) is 0 Å². The fraction of sp³-hybridized carbons (Fsp3) is 0.333. The fourth-order valence-electron chi connectivity index (χ4n) is 1.86. The minimum Gasteiger partial charge on any atom is -0.460 e. The first-order valence-corrected chi connectivity index (χ1v) is 6.80. The van der Waals surface area contributed by atoms with Gasteiger partial charge < -0.3 is 14.8 Å². The summed E-state index contributed by atoms with van der Waals surface area (Å²) in [6, 6.07) is 11.5. The van der Waals surface area contributed by atoms with Gasteiger partial charge in [-0.15, -0.1) is 0 Å². The van der Waals surface area contributed by atoms with Gasteiger partial charge in [-0.3, -0.25) is 0 Å². The van der Waals surface area contributed by atoms with Gasteiger partial charge in [0.05, 0.1) is 18.2 Å². The van der Waals surface area contributed by atoms with E-state index in [2.05, 4.69) is 5.32 Å². The molecule has 0 radical (unpaired) electrons. The first kappa shape index (κ1) is 14.1. The SMILES string of the molecule is CCC(CO)NCc1ccc(-c2ccccc2Cl)o1. The molecule has 19 heavy (non-hydrogen) atoms. The molecule has 0 amide bonds. The number of nitrogens with one attached hydrogen (secondary N) is 1.